The Kier molecular flexibility index (Phi) is 8.32. The summed E-state index contributed by atoms with van der Waals surface area (Å²) in [4.78, 5) is 22.2. The Morgan fingerprint density at radius 1 is 1.17 bits per heavy atom. The molecule has 0 aromatic rings. The molecule has 0 aliphatic carbocycles. The van der Waals surface area contributed by atoms with Gasteiger partial charge in [-0.1, -0.05) is 0 Å². The smallest absolute Gasteiger partial charge is 0.328 e. The Hall–Kier alpha value is -1.14. The molecule has 0 aromatic heterocycles. The van der Waals surface area contributed by atoms with Gasteiger partial charge in [0.05, 0.1) is 6.61 Å². The molecule has 0 spiro atoms. The molecular formula is C12H23NO5. The SMILES string of the molecule is CCOCCCOCCC(=O)NC(C)(C)C(=O)O. The third-order valence-electron chi connectivity index (χ3n) is 2.24. The van der Waals surface area contributed by atoms with Gasteiger partial charge in [0.15, 0.2) is 0 Å². The van der Waals surface area contributed by atoms with Gasteiger partial charge < -0.3 is 19.9 Å². The van der Waals surface area contributed by atoms with E-state index in [9.17, 15) is 9.59 Å². The minimum absolute atomic E-state index is 0.158. The molecule has 0 aromatic carbocycles. The van der Waals surface area contributed by atoms with Crippen LogP contribution in [-0.4, -0.2) is 48.9 Å². The third-order valence-corrected chi connectivity index (χ3v) is 2.24. The molecule has 0 bridgehead atoms. The zero-order valence-electron chi connectivity index (χ0n) is 11.3. The van der Waals surface area contributed by atoms with Crippen LogP contribution in [0.4, 0.5) is 0 Å². The van der Waals surface area contributed by atoms with Gasteiger partial charge in [-0.3, -0.25) is 4.79 Å². The van der Waals surface area contributed by atoms with Crippen molar-refractivity contribution in [3.8, 4) is 0 Å². The predicted octanol–water partition coefficient (Wildman–Crippen LogP) is 0.799. The second kappa shape index (κ2) is 8.88. The number of nitrogens with one attached hydrogen (secondary N) is 1. The van der Waals surface area contributed by atoms with Crippen molar-refractivity contribution in [1.82, 2.24) is 5.32 Å². The lowest BCUT2D eigenvalue weighted by molar-refractivity contribution is -0.146. The first-order chi connectivity index (χ1) is 8.40. The van der Waals surface area contributed by atoms with Gasteiger partial charge in [0, 0.05) is 26.2 Å². The first-order valence-electron chi connectivity index (χ1n) is 6.10. The van der Waals surface area contributed by atoms with Crippen LogP contribution in [0, 0.1) is 0 Å². The minimum Gasteiger partial charge on any atom is -0.480 e. The Balaban J connectivity index is 3.57. The molecule has 0 aliphatic rings. The number of hydrogen-bond donors (Lipinski definition) is 2. The fourth-order valence-corrected chi connectivity index (χ4v) is 1.14. The van der Waals surface area contributed by atoms with E-state index in [2.05, 4.69) is 5.32 Å². The lowest BCUT2D eigenvalue weighted by Gasteiger charge is -2.20. The van der Waals surface area contributed by atoms with E-state index in [0.717, 1.165) is 6.42 Å². The summed E-state index contributed by atoms with van der Waals surface area (Å²) >= 11 is 0. The number of aliphatic carboxylic acids is 1. The molecule has 0 saturated heterocycles. The quantitative estimate of drug-likeness (QED) is 0.568. The van der Waals surface area contributed by atoms with E-state index < -0.39 is 11.5 Å². The Labute approximate surface area is 108 Å². The molecule has 0 atom stereocenters. The molecule has 0 saturated carbocycles. The normalized spacial score (nSPS) is 11.3. The van der Waals surface area contributed by atoms with Crippen molar-refractivity contribution in [1.29, 1.82) is 0 Å². The Morgan fingerprint density at radius 2 is 1.78 bits per heavy atom. The van der Waals surface area contributed by atoms with Crippen molar-refractivity contribution in [3.63, 3.8) is 0 Å². The molecule has 6 nitrogen and oxygen atoms in total. The van der Waals surface area contributed by atoms with E-state index in [1.54, 1.807) is 0 Å². The predicted molar refractivity (Wildman–Crippen MR) is 66.4 cm³/mol. The van der Waals surface area contributed by atoms with E-state index >= 15 is 0 Å². The standard InChI is InChI=1S/C12H23NO5/c1-4-17-7-5-8-18-9-6-10(14)13-12(2,3)11(15)16/h4-9H2,1-3H3,(H,13,14)(H,15,16). The molecule has 0 rings (SSSR count). The van der Waals surface area contributed by atoms with Gasteiger partial charge in [0.25, 0.3) is 0 Å². The van der Waals surface area contributed by atoms with Gasteiger partial charge in [-0.15, -0.1) is 0 Å². The van der Waals surface area contributed by atoms with Crippen molar-refractivity contribution < 1.29 is 24.2 Å². The van der Waals surface area contributed by atoms with Crippen LogP contribution in [0.15, 0.2) is 0 Å². The highest BCUT2D eigenvalue weighted by Crippen LogP contribution is 2.02. The summed E-state index contributed by atoms with van der Waals surface area (Å²) < 4.78 is 10.4. The maximum Gasteiger partial charge on any atom is 0.328 e. The molecule has 18 heavy (non-hydrogen) atoms. The molecular weight excluding hydrogens is 238 g/mol. The number of rotatable bonds is 10. The van der Waals surface area contributed by atoms with Crippen molar-refractivity contribution in [3.05, 3.63) is 0 Å². The summed E-state index contributed by atoms with van der Waals surface area (Å²) in [6.07, 6.45) is 0.946. The summed E-state index contributed by atoms with van der Waals surface area (Å²) in [6.45, 7) is 6.96. The molecule has 6 heteroatoms. The summed E-state index contributed by atoms with van der Waals surface area (Å²) in [7, 11) is 0. The highest BCUT2D eigenvalue weighted by molar-refractivity contribution is 5.86. The minimum atomic E-state index is -1.24. The average molecular weight is 261 g/mol. The number of hydrogen-bond acceptors (Lipinski definition) is 4. The largest absolute Gasteiger partial charge is 0.480 e. The van der Waals surface area contributed by atoms with Gasteiger partial charge in [0.2, 0.25) is 5.91 Å². The number of carboxylic acids is 1. The van der Waals surface area contributed by atoms with Gasteiger partial charge in [0.1, 0.15) is 5.54 Å². The second-order valence-electron chi connectivity index (χ2n) is 4.39. The van der Waals surface area contributed by atoms with Crippen LogP contribution < -0.4 is 5.32 Å². The molecule has 2 N–H and O–H groups in total. The monoisotopic (exact) mass is 261 g/mol. The second-order valence-corrected chi connectivity index (χ2v) is 4.39. The lowest BCUT2D eigenvalue weighted by Crippen LogP contribution is -2.49. The summed E-state index contributed by atoms with van der Waals surface area (Å²) in [5.41, 5.74) is -1.24. The number of carbonyl (C=O) groups excluding carboxylic acids is 1. The van der Waals surface area contributed by atoms with E-state index in [0.29, 0.717) is 19.8 Å². The highest BCUT2D eigenvalue weighted by Gasteiger charge is 2.28. The molecule has 106 valence electrons. The summed E-state index contributed by atoms with van der Waals surface area (Å²) in [5, 5.41) is 11.2. The fourth-order valence-electron chi connectivity index (χ4n) is 1.14. The van der Waals surface area contributed by atoms with Crippen LogP contribution in [-0.2, 0) is 19.1 Å². The van der Waals surface area contributed by atoms with E-state index in [1.165, 1.54) is 13.8 Å². The molecule has 0 radical (unpaired) electrons. The molecule has 0 fully saturated rings. The fraction of sp³-hybridized carbons (Fsp3) is 0.833. The van der Waals surface area contributed by atoms with E-state index in [1.807, 2.05) is 6.92 Å². The number of ether oxygens (including phenoxy) is 2. The van der Waals surface area contributed by atoms with E-state index in [-0.39, 0.29) is 18.9 Å². The van der Waals surface area contributed by atoms with Gasteiger partial charge in [-0.05, 0) is 27.2 Å². The van der Waals surface area contributed by atoms with E-state index in [4.69, 9.17) is 14.6 Å². The molecule has 0 aliphatic heterocycles. The summed E-state index contributed by atoms with van der Waals surface area (Å²) in [5.74, 6) is -1.39. The van der Waals surface area contributed by atoms with Gasteiger partial charge in [-0.2, -0.15) is 0 Å². The number of carboxylic acid groups (broad SMARTS) is 1. The van der Waals surface area contributed by atoms with Crippen LogP contribution in [0.1, 0.15) is 33.6 Å². The van der Waals surface area contributed by atoms with Crippen molar-refractivity contribution in [2.24, 2.45) is 0 Å². The van der Waals surface area contributed by atoms with Crippen LogP contribution in [0.3, 0.4) is 0 Å². The van der Waals surface area contributed by atoms with Crippen molar-refractivity contribution >= 4 is 11.9 Å². The van der Waals surface area contributed by atoms with Crippen LogP contribution in [0.25, 0.3) is 0 Å². The maximum absolute atomic E-state index is 11.4. The molecule has 1 amide bonds. The number of carbonyl (C=O) groups is 2. The van der Waals surface area contributed by atoms with Crippen LogP contribution >= 0.6 is 0 Å². The van der Waals surface area contributed by atoms with Crippen molar-refractivity contribution in [2.45, 2.75) is 39.2 Å². The first-order valence-corrected chi connectivity index (χ1v) is 6.10. The van der Waals surface area contributed by atoms with Gasteiger partial charge >= 0.3 is 5.97 Å². The Bertz CT molecular complexity index is 265. The summed E-state index contributed by atoms with van der Waals surface area (Å²) in [6, 6.07) is 0. The topological polar surface area (TPSA) is 84.9 Å². The maximum atomic E-state index is 11.4. The zero-order chi connectivity index (χ0) is 14.0. The average Bonchev–Trinajstić information content (AvgIpc) is 2.27. The zero-order valence-corrected chi connectivity index (χ0v) is 11.3. The van der Waals surface area contributed by atoms with Crippen molar-refractivity contribution in [2.75, 3.05) is 26.4 Å². The van der Waals surface area contributed by atoms with Crippen LogP contribution in [0.5, 0.6) is 0 Å². The van der Waals surface area contributed by atoms with Gasteiger partial charge in [-0.25, -0.2) is 4.79 Å². The third kappa shape index (κ3) is 8.03. The molecule has 0 heterocycles. The lowest BCUT2D eigenvalue weighted by atomic mass is 10.1. The highest BCUT2D eigenvalue weighted by atomic mass is 16.5. The Morgan fingerprint density at radius 3 is 2.33 bits per heavy atom. The van der Waals surface area contributed by atoms with Crippen LogP contribution in [0.2, 0.25) is 0 Å². The molecule has 0 unspecified atom stereocenters. The first kappa shape index (κ1) is 16.9. The number of amides is 1.